The number of aromatic nitrogens is 5. The second kappa shape index (κ2) is 8.04. The lowest BCUT2D eigenvalue weighted by Gasteiger charge is -2.13. The maximum Gasteiger partial charge on any atom is 0.332 e. The van der Waals surface area contributed by atoms with Crippen LogP contribution in [0.4, 0.5) is 4.39 Å². The summed E-state index contributed by atoms with van der Waals surface area (Å²) in [4.78, 5) is 54.1. The van der Waals surface area contributed by atoms with Crippen molar-refractivity contribution in [1.29, 1.82) is 0 Å². The molecular weight excluding hydrogens is 437 g/mol. The molecule has 0 saturated heterocycles. The number of halogens is 1. The van der Waals surface area contributed by atoms with Crippen LogP contribution in [0.15, 0.2) is 38.6 Å². The average molecular weight is 457 g/mol. The molecule has 0 radical (unpaired) electrons. The van der Waals surface area contributed by atoms with E-state index in [1.807, 2.05) is 0 Å². The number of aromatic hydroxyl groups is 1. The Morgan fingerprint density at radius 3 is 2.39 bits per heavy atom. The second-order valence-corrected chi connectivity index (χ2v) is 7.54. The number of carbonyl (C=O) groups is 1. The SMILES string of the molecule is CC(=O)OCCc1c(O)n2c3c(=O)n(C)c(=O)n(C)c3nc2n(Cc2ccc(F)cc2)c1=O. The summed E-state index contributed by atoms with van der Waals surface area (Å²) in [6, 6.07) is 5.45. The van der Waals surface area contributed by atoms with E-state index in [4.69, 9.17) is 4.74 Å². The first-order valence-corrected chi connectivity index (χ1v) is 9.92. The van der Waals surface area contributed by atoms with Gasteiger partial charge in [-0.15, -0.1) is 0 Å². The van der Waals surface area contributed by atoms with Crippen molar-refractivity contribution < 1.29 is 19.0 Å². The van der Waals surface area contributed by atoms with E-state index in [-0.39, 0.29) is 42.1 Å². The molecule has 0 fully saturated rings. The molecule has 0 aliphatic rings. The maximum atomic E-state index is 13.4. The number of hydrogen-bond donors (Lipinski definition) is 1. The van der Waals surface area contributed by atoms with Crippen molar-refractivity contribution >= 4 is 22.9 Å². The van der Waals surface area contributed by atoms with Crippen molar-refractivity contribution in [2.75, 3.05) is 6.61 Å². The van der Waals surface area contributed by atoms with Gasteiger partial charge in [0.2, 0.25) is 11.7 Å². The van der Waals surface area contributed by atoms with Crippen LogP contribution in [0.5, 0.6) is 5.88 Å². The lowest BCUT2D eigenvalue weighted by atomic mass is 10.2. The van der Waals surface area contributed by atoms with Gasteiger partial charge in [-0.2, -0.15) is 4.98 Å². The molecule has 4 aromatic rings. The molecule has 0 amide bonds. The van der Waals surface area contributed by atoms with Gasteiger partial charge in [-0.1, -0.05) is 12.1 Å². The summed E-state index contributed by atoms with van der Waals surface area (Å²) < 4.78 is 22.6. The molecule has 33 heavy (non-hydrogen) atoms. The Kier molecular flexibility index (Phi) is 5.36. The van der Waals surface area contributed by atoms with Gasteiger partial charge in [0.05, 0.1) is 18.7 Å². The Morgan fingerprint density at radius 1 is 1.09 bits per heavy atom. The third-order valence-electron chi connectivity index (χ3n) is 5.38. The number of carbonyl (C=O) groups excluding carboxylic acids is 1. The van der Waals surface area contributed by atoms with Crippen LogP contribution >= 0.6 is 0 Å². The third-order valence-corrected chi connectivity index (χ3v) is 5.38. The van der Waals surface area contributed by atoms with Crippen LogP contribution in [-0.4, -0.2) is 40.8 Å². The van der Waals surface area contributed by atoms with Crippen LogP contribution in [0, 0.1) is 5.82 Å². The number of imidazole rings is 1. The molecule has 4 rings (SSSR count). The van der Waals surface area contributed by atoms with E-state index in [0.717, 1.165) is 13.5 Å². The minimum absolute atomic E-state index is 0.0252. The van der Waals surface area contributed by atoms with Gasteiger partial charge < -0.3 is 9.84 Å². The van der Waals surface area contributed by atoms with Gasteiger partial charge >= 0.3 is 11.7 Å². The van der Waals surface area contributed by atoms with Gasteiger partial charge in [0.25, 0.3) is 11.1 Å². The van der Waals surface area contributed by atoms with Crippen molar-refractivity contribution in [3.05, 3.63) is 72.4 Å². The van der Waals surface area contributed by atoms with Crippen molar-refractivity contribution in [3.8, 4) is 5.88 Å². The van der Waals surface area contributed by atoms with Crippen molar-refractivity contribution in [2.45, 2.75) is 19.9 Å². The fourth-order valence-electron chi connectivity index (χ4n) is 3.68. The fraction of sp³-hybridized carbons (Fsp3) is 0.286. The molecule has 172 valence electrons. The molecule has 0 unspecified atom stereocenters. The molecular formula is C21H20FN5O6. The highest BCUT2D eigenvalue weighted by atomic mass is 19.1. The normalized spacial score (nSPS) is 11.4. The fourth-order valence-corrected chi connectivity index (χ4v) is 3.68. The first-order chi connectivity index (χ1) is 15.6. The molecule has 0 spiro atoms. The van der Waals surface area contributed by atoms with Crippen molar-refractivity contribution in [3.63, 3.8) is 0 Å². The Morgan fingerprint density at radius 2 is 1.76 bits per heavy atom. The van der Waals surface area contributed by atoms with Crippen LogP contribution in [0.2, 0.25) is 0 Å². The highest BCUT2D eigenvalue weighted by Gasteiger charge is 2.24. The summed E-state index contributed by atoms with van der Waals surface area (Å²) in [7, 11) is 2.70. The molecule has 11 nitrogen and oxygen atoms in total. The van der Waals surface area contributed by atoms with Gasteiger partial charge in [0.1, 0.15) is 5.82 Å². The zero-order valence-corrected chi connectivity index (χ0v) is 18.0. The molecule has 0 saturated carbocycles. The topological polar surface area (TPSA) is 130 Å². The lowest BCUT2D eigenvalue weighted by molar-refractivity contribution is -0.140. The molecule has 3 aromatic heterocycles. The summed E-state index contributed by atoms with van der Waals surface area (Å²) in [6.07, 6.45) is -0.130. The Bertz CT molecular complexity index is 1590. The summed E-state index contributed by atoms with van der Waals surface area (Å²) in [6.45, 7) is 0.980. The van der Waals surface area contributed by atoms with E-state index in [2.05, 4.69) is 4.98 Å². The molecule has 0 aliphatic heterocycles. The smallest absolute Gasteiger partial charge is 0.332 e. The Labute approximate surface area is 184 Å². The standard InChI is InChI=1S/C21H20FN5O6/c1-11(28)33-9-8-14-17(29)26(10-12-4-6-13(22)7-5-12)20-23-16-15(27(20)18(14)30)19(31)25(3)21(32)24(16)2/h4-7,30H,8-10H2,1-3H3. The zero-order chi connectivity index (χ0) is 24.0. The zero-order valence-electron chi connectivity index (χ0n) is 18.0. The molecule has 0 aliphatic carbocycles. The molecule has 1 N–H and O–H groups in total. The second-order valence-electron chi connectivity index (χ2n) is 7.54. The van der Waals surface area contributed by atoms with E-state index in [0.29, 0.717) is 5.56 Å². The summed E-state index contributed by atoms with van der Waals surface area (Å²) in [5.41, 5.74) is -1.65. The number of esters is 1. The van der Waals surface area contributed by atoms with Crippen LogP contribution in [-0.2, 0) is 36.6 Å². The Balaban J connectivity index is 2.08. The number of nitrogens with zero attached hydrogens (tertiary/aromatic N) is 5. The van der Waals surface area contributed by atoms with Gasteiger partial charge in [-0.3, -0.25) is 28.1 Å². The molecule has 0 bridgehead atoms. The molecule has 3 heterocycles. The molecule has 12 heteroatoms. The minimum atomic E-state index is -0.714. The minimum Gasteiger partial charge on any atom is -0.494 e. The average Bonchev–Trinajstić information content (AvgIpc) is 3.18. The third kappa shape index (κ3) is 3.58. The quantitative estimate of drug-likeness (QED) is 0.419. The number of benzene rings is 1. The Hall–Kier alpha value is -4.22. The highest BCUT2D eigenvalue weighted by Crippen LogP contribution is 2.22. The van der Waals surface area contributed by atoms with E-state index in [1.54, 1.807) is 0 Å². The van der Waals surface area contributed by atoms with Crippen LogP contribution in [0.3, 0.4) is 0 Å². The molecule has 1 aromatic carbocycles. The van der Waals surface area contributed by atoms with Gasteiger partial charge in [0.15, 0.2) is 11.2 Å². The largest absolute Gasteiger partial charge is 0.494 e. The van der Waals surface area contributed by atoms with E-state index in [9.17, 15) is 28.7 Å². The maximum absolute atomic E-state index is 13.4. The number of fused-ring (bicyclic) bond motifs is 3. The number of hydrogen-bond acceptors (Lipinski definition) is 7. The van der Waals surface area contributed by atoms with Gasteiger partial charge in [-0.25, -0.2) is 13.6 Å². The van der Waals surface area contributed by atoms with Crippen LogP contribution in [0.25, 0.3) is 16.9 Å². The summed E-state index contributed by atoms with van der Waals surface area (Å²) in [5, 5.41) is 11.0. The first-order valence-electron chi connectivity index (χ1n) is 9.92. The number of aryl methyl sites for hydroxylation is 1. The predicted octanol–water partition coefficient (Wildman–Crippen LogP) is 0.0452. The summed E-state index contributed by atoms with van der Waals surface area (Å²) >= 11 is 0. The van der Waals surface area contributed by atoms with Crippen molar-refractivity contribution in [1.82, 2.24) is 23.1 Å². The number of rotatable bonds is 5. The monoisotopic (exact) mass is 457 g/mol. The van der Waals surface area contributed by atoms with Gasteiger partial charge in [-0.05, 0) is 17.7 Å². The van der Waals surface area contributed by atoms with Crippen LogP contribution < -0.4 is 16.8 Å². The summed E-state index contributed by atoms with van der Waals surface area (Å²) in [5.74, 6) is -1.63. The first kappa shape index (κ1) is 22.0. The highest BCUT2D eigenvalue weighted by molar-refractivity contribution is 5.76. The van der Waals surface area contributed by atoms with E-state index in [1.165, 1.54) is 49.9 Å². The van der Waals surface area contributed by atoms with E-state index < -0.39 is 34.5 Å². The van der Waals surface area contributed by atoms with Crippen LogP contribution in [0.1, 0.15) is 18.1 Å². The number of ether oxygens (including phenoxy) is 1. The molecule has 0 atom stereocenters. The van der Waals surface area contributed by atoms with Gasteiger partial charge in [0, 0.05) is 27.4 Å². The predicted molar refractivity (Wildman–Crippen MR) is 115 cm³/mol. The van der Waals surface area contributed by atoms with E-state index >= 15 is 0 Å². The van der Waals surface area contributed by atoms with Crippen molar-refractivity contribution in [2.24, 2.45) is 14.1 Å². The lowest BCUT2D eigenvalue weighted by Crippen LogP contribution is -2.37.